The first-order valence-corrected chi connectivity index (χ1v) is 11.2. The van der Waals surface area contributed by atoms with Crippen LogP contribution in [0.15, 0.2) is 53.1 Å². The van der Waals surface area contributed by atoms with Crippen molar-refractivity contribution in [3.63, 3.8) is 0 Å². The molecule has 168 valence electrons. The Morgan fingerprint density at radius 3 is 2.72 bits per heavy atom. The van der Waals surface area contributed by atoms with Gasteiger partial charge < -0.3 is 19.5 Å². The zero-order valence-electron chi connectivity index (χ0n) is 18.7. The van der Waals surface area contributed by atoms with Crippen molar-refractivity contribution in [2.45, 2.75) is 39.2 Å². The van der Waals surface area contributed by atoms with Gasteiger partial charge in [0.05, 0.1) is 7.11 Å². The van der Waals surface area contributed by atoms with Gasteiger partial charge >= 0.3 is 0 Å². The first-order valence-electron chi connectivity index (χ1n) is 11.2. The van der Waals surface area contributed by atoms with E-state index in [0.29, 0.717) is 24.7 Å². The lowest BCUT2D eigenvalue weighted by Gasteiger charge is -2.32. The maximum atomic E-state index is 12.2. The predicted octanol–water partition coefficient (Wildman–Crippen LogP) is 4.23. The average Bonchev–Trinajstić information content (AvgIpc) is 3.31. The second-order valence-corrected chi connectivity index (χ2v) is 8.36. The highest BCUT2D eigenvalue weighted by atomic mass is 16.5. The van der Waals surface area contributed by atoms with Crippen molar-refractivity contribution in [2.75, 3.05) is 25.1 Å². The molecule has 1 aliphatic rings. The highest BCUT2D eigenvalue weighted by Crippen LogP contribution is 2.25. The molecule has 0 unspecified atom stereocenters. The molecule has 1 aromatic heterocycles. The van der Waals surface area contributed by atoms with Crippen molar-refractivity contribution in [2.24, 2.45) is 5.92 Å². The summed E-state index contributed by atoms with van der Waals surface area (Å²) >= 11 is 0. The van der Waals surface area contributed by atoms with Crippen molar-refractivity contribution >= 4 is 11.6 Å². The molecule has 1 saturated heterocycles. The minimum Gasteiger partial charge on any atom is -0.497 e. The number of hydrogen-bond donors (Lipinski definition) is 1. The molecule has 1 amide bonds. The fourth-order valence-electron chi connectivity index (χ4n) is 3.85. The fraction of sp³-hybridized carbons (Fsp3) is 0.400. The van der Waals surface area contributed by atoms with Crippen molar-refractivity contribution in [1.29, 1.82) is 0 Å². The Labute approximate surface area is 188 Å². The Balaban J connectivity index is 1.26. The van der Waals surface area contributed by atoms with Gasteiger partial charge in [0.1, 0.15) is 5.75 Å². The van der Waals surface area contributed by atoms with Crippen LogP contribution in [0.4, 0.5) is 5.69 Å². The largest absolute Gasteiger partial charge is 0.497 e. The molecule has 3 aromatic rings. The van der Waals surface area contributed by atoms with Crippen LogP contribution in [0.1, 0.15) is 37.6 Å². The number of benzene rings is 2. The third-order valence-corrected chi connectivity index (χ3v) is 5.93. The Morgan fingerprint density at radius 2 is 1.97 bits per heavy atom. The van der Waals surface area contributed by atoms with Crippen LogP contribution in [0, 0.1) is 5.92 Å². The van der Waals surface area contributed by atoms with Gasteiger partial charge in [-0.1, -0.05) is 24.2 Å². The van der Waals surface area contributed by atoms with E-state index < -0.39 is 0 Å². The van der Waals surface area contributed by atoms with Crippen LogP contribution in [0.5, 0.6) is 5.75 Å². The molecule has 7 nitrogen and oxygen atoms in total. The number of nitrogens with zero attached hydrogens (tertiary/aromatic N) is 3. The average molecular weight is 435 g/mol. The minimum atomic E-state index is -0.0622. The predicted molar refractivity (Wildman–Crippen MR) is 124 cm³/mol. The molecule has 0 atom stereocenters. The molecule has 0 bridgehead atoms. The standard InChI is InChI=1S/C25H30N4O3/c1-18-12-14-29(15-13-18)21-8-6-20(7-9-21)25-27-24(32-28-25)11-10-23(30)26-17-19-4-3-5-22(16-19)31-2/h3-9,16,18H,10-15,17H2,1-2H3,(H,26,30). The van der Waals surface area contributed by atoms with Gasteiger partial charge in [0.15, 0.2) is 0 Å². The van der Waals surface area contributed by atoms with E-state index in [0.717, 1.165) is 35.9 Å². The molecule has 1 aliphatic heterocycles. The first kappa shape index (κ1) is 21.9. The van der Waals surface area contributed by atoms with Gasteiger partial charge in [-0.05, 0) is 60.7 Å². The lowest BCUT2D eigenvalue weighted by atomic mass is 9.98. The van der Waals surface area contributed by atoms with Crippen molar-refractivity contribution < 1.29 is 14.1 Å². The van der Waals surface area contributed by atoms with Gasteiger partial charge in [0.25, 0.3) is 0 Å². The van der Waals surface area contributed by atoms with E-state index in [9.17, 15) is 4.79 Å². The molecule has 1 fully saturated rings. The van der Waals surface area contributed by atoms with Gasteiger partial charge in [-0.15, -0.1) is 0 Å². The van der Waals surface area contributed by atoms with Crippen LogP contribution in [0.25, 0.3) is 11.4 Å². The van der Waals surface area contributed by atoms with Crippen LogP contribution < -0.4 is 15.0 Å². The molecule has 7 heteroatoms. The molecular formula is C25H30N4O3. The third kappa shape index (κ3) is 5.66. The van der Waals surface area contributed by atoms with E-state index in [1.807, 2.05) is 36.4 Å². The lowest BCUT2D eigenvalue weighted by molar-refractivity contribution is -0.121. The normalized spacial score (nSPS) is 14.4. The summed E-state index contributed by atoms with van der Waals surface area (Å²) in [5.41, 5.74) is 3.13. The van der Waals surface area contributed by atoms with Crippen LogP contribution >= 0.6 is 0 Å². The van der Waals surface area contributed by atoms with Gasteiger partial charge in [0, 0.05) is 43.7 Å². The van der Waals surface area contributed by atoms with Crippen LogP contribution in [0.3, 0.4) is 0 Å². The molecule has 2 heterocycles. The Morgan fingerprint density at radius 1 is 1.19 bits per heavy atom. The second kappa shape index (κ2) is 10.3. The van der Waals surface area contributed by atoms with Crippen molar-refractivity contribution in [3.8, 4) is 17.1 Å². The molecule has 0 spiro atoms. The van der Waals surface area contributed by atoms with E-state index in [-0.39, 0.29) is 12.3 Å². The van der Waals surface area contributed by atoms with E-state index >= 15 is 0 Å². The number of nitrogens with one attached hydrogen (secondary N) is 1. The number of carbonyl (C=O) groups excluding carboxylic acids is 1. The molecule has 0 saturated carbocycles. The van der Waals surface area contributed by atoms with E-state index in [1.165, 1.54) is 18.5 Å². The number of amides is 1. The molecule has 1 N–H and O–H groups in total. The number of carbonyl (C=O) groups is 1. The molecule has 0 radical (unpaired) electrons. The van der Waals surface area contributed by atoms with Gasteiger partial charge in [-0.2, -0.15) is 4.98 Å². The number of anilines is 1. The van der Waals surface area contributed by atoms with Crippen LogP contribution in [-0.4, -0.2) is 36.2 Å². The summed E-state index contributed by atoms with van der Waals surface area (Å²) < 4.78 is 10.6. The summed E-state index contributed by atoms with van der Waals surface area (Å²) in [4.78, 5) is 19.1. The monoisotopic (exact) mass is 434 g/mol. The molecule has 4 rings (SSSR count). The van der Waals surface area contributed by atoms with E-state index in [4.69, 9.17) is 9.26 Å². The topological polar surface area (TPSA) is 80.5 Å². The van der Waals surface area contributed by atoms with E-state index in [1.54, 1.807) is 7.11 Å². The first-order chi connectivity index (χ1) is 15.6. The van der Waals surface area contributed by atoms with Gasteiger partial charge in [-0.3, -0.25) is 4.79 Å². The Kier molecular flexibility index (Phi) is 7.04. The molecular weight excluding hydrogens is 404 g/mol. The quantitative estimate of drug-likeness (QED) is 0.571. The smallest absolute Gasteiger partial charge is 0.227 e. The van der Waals surface area contributed by atoms with Gasteiger partial charge in [0.2, 0.25) is 17.6 Å². The second-order valence-electron chi connectivity index (χ2n) is 8.36. The number of piperidine rings is 1. The summed E-state index contributed by atoms with van der Waals surface area (Å²) in [6, 6.07) is 15.9. The zero-order valence-corrected chi connectivity index (χ0v) is 18.7. The fourth-order valence-corrected chi connectivity index (χ4v) is 3.85. The van der Waals surface area contributed by atoms with E-state index in [2.05, 4.69) is 39.4 Å². The third-order valence-electron chi connectivity index (χ3n) is 5.93. The minimum absolute atomic E-state index is 0.0622. The van der Waals surface area contributed by atoms with Crippen LogP contribution in [-0.2, 0) is 17.8 Å². The molecule has 32 heavy (non-hydrogen) atoms. The number of ether oxygens (including phenoxy) is 1. The number of hydrogen-bond acceptors (Lipinski definition) is 6. The number of aromatic nitrogens is 2. The molecule has 0 aliphatic carbocycles. The highest BCUT2D eigenvalue weighted by molar-refractivity contribution is 5.76. The Bertz CT molecular complexity index is 1020. The maximum absolute atomic E-state index is 12.2. The summed E-state index contributed by atoms with van der Waals surface area (Å²) in [6.07, 6.45) is 3.17. The number of methoxy groups -OCH3 is 1. The highest BCUT2D eigenvalue weighted by Gasteiger charge is 2.16. The number of aryl methyl sites for hydroxylation is 1. The van der Waals surface area contributed by atoms with Crippen LogP contribution in [0.2, 0.25) is 0 Å². The summed E-state index contributed by atoms with van der Waals surface area (Å²) in [5, 5.41) is 6.99. The summed E-state index contributed by atoms with van der Waals surface area (Å²) in [7, 11) is 1.62. The summed E-state index contributed by atoms with van der Waals surface area (Å²) in [6.45, 7) is 4.98. The lowest BCUT2D eigenvalue weighted by Crippen LogP contribution is -2.32. The number of rotatable bonds is 8. The summed E-state index contributed by atoms with van der Waals surface area (Å²) in [5.74, 6) is 2.54. The molecule has 2 aromatic carbocycles. The van der Waals surface area contributed by atoms with Crippen molar-refractivity contribution in [1.82, 2.24) is 15.5 Å². The van der Waals surface area contributed by atoms with Gasteiger partial charge in [-0.25, -0.2) is 0 Å². The maximum Gasteiger partial charge on any atom is 0.227 e. The Hall–Kier alpha value is -3.35. The SMILES string of the molecule is COc1cccc(CNC(=O)CCc2nc(-c3ccc(N4CCC(C)CC4)cc3)no2)c1. The zero-order chi connectivity index (χ0) is 22.3. The van der Waals surface area contributed by atoms with Crippen molar-refractivity contribution in [3.05, 3.63) is 60.0 Å².